The summed E-state index contributed by atoms with van der Waals surface area (Å²) in [6.07, 6.45) is 1.28. The lowest BCUT2D eigenvalue weighted by Crippen LogP contribution is -2.48. The van der Waals surface area contributed by atoms with Gasteiger partial charge in [-0.15, -0.1) is 0 Å². The number of urea groups is 1. The molecule has 7 heteroatoms. The Morgan fingerprint density at radius 2 is 1.71 bits per heavy atom. The van der Waals surface area contributed by atoms with Gasteiger partial charge in [-0.05, 0) is 25.0 Å². The summed E-state index contributed by atoms with van der Waals surface area (Å²) in [7, 11) is 0. The van der Waals surface area contributed by atoms with Gasteiger partial charge in [0.25, 0.3) is 0 Å². The highest BCUT2D eigenvalue weighted by Crippen LogP contribution is 2.21. The van der Waals surface area contributed by atoms with Gasteiger partial charge in [0, 0.05) is 32.1 Å². The van der Waals surface area contributed by atoms with Crippen LogP contribution in [0.5, 0.6) is 0 Å². The summed E-state index contributed by atoms with van der Waals surface area (Å²) in [4.78, 5) is 28.2. The Kier molecular flexibility index (Phi) is 5.30. The maximum absolute atomic E-state index is 13.6. The van der Waals surface area contributed by atoms with Crippen molar-refractivity contribution < 1.29 is 18.7 Å². The first-order chi connectivity index (χ1) is 11.6. The third-order valence-electron chi connectivity index (χ3n) is 4.57. The SMILES string of the molecule is O=C(Nc1ccccc1F)N1CCC(C(=O)N2CCOCC2)CC1. The molecule has 0 spiro atoms. The van der Waals surface area contributed by atoms with Crippen LogP contribution in [0.1, 0.15) is 12.8 Å². The number of morpholine rings is 1. The zero-order valence-electron chi connectivity index (χ0n) is 13.5. The Morgan fingerprint density at radius 3 is 2.38 bits per heavy atom. The number of carbonyl (C=O) groups is 2. The summed E-state index contributed by atoms with van der Waals surface area (Å²) >= 11 is 0. The number of piperidine rings is 1. The normalized spacial score (nSPS) is 19.2. The predicted molar refractivity (Wildman–Crippen MR) is 87.1 cm³/mol. The number of nitrogens with one attached hydrogen (secondary N) is 1. The zero-order chi connectivity index (χ0) is 16.9. The minimum absolute atomic E-state index is 0.0411. The number of para-hydroxylation sites is 1. The molecular formula is C17H22FN3O3. The number of likely N-dealkylation sites (tertiary alicyclic amines) is 1. The van der Waals surface area contributed by atoms with Gasteiger partial charge in [-0.3, -0.25) is 4.79 Å². The van der Waals surface area contributed by atoms with E-state index >= 15 is 0 Å². The maximum Gasteiger partial charge on any atom is 0.321 e. The third-order valence-corrected chi connectivity index (χ3v) is 4.57. The van der Waals surface area contributed by atoms with Gasteiger partial charge in [0.2, 0.25) is 5.91 Å². The number of anilines is 1. The number of rotatable bonds is 2. The summed E-state index contributed by atoms with van der Waals surface area (Å²) < 4.78 is 18.9. The molecule has 2 heterocycles. The van der Waals surface area contributed by atoms with Gasteiger partial charge in [0.05, 0.1) is 18.9 Å². The van der Waals surface area contributed by atoms with Crippen LogP contribution in [0.15, 0.2) is 24.3 Å². The zero-order valence-corrected chi connectivity index (χ0v) is 13.5. The minimum Gasteiger partial charge on any atom is -0.378 e. The molecule has 1 aromatic rings. The fourth-order valence-electron chi connectivity index (χ4n) is 3.13. The monoisotopic (exact) mass is 335 g/mol. The number of hydrogen-bond acceptors (Lipinski definition) is 3. The van der Waals surface area contributed by atoms with E-state index in [4.69, 9.17) is 4.74 Å². The Labute approximate surface area is 140 Å². The molecule has 2 saturated heterocycles. The lowest BCUT2D eigenvalue weighted by atomic mass is 9.95. The molecule has 2 aliphatic rings. The van der Waals surface area contributed by atoms with E-state index in [0.29, 0.717) is 52.2 Å². The average molecular weight is 335 g/mol. The van der Waals surface area contributed by atoms with Gasteiger partial charge >= 0.3 is 6.03 Å². The van der Waals surface area contributed by atoms with Crippen LogP contribution in [0, 0.1) is 11.7 Å². The van der Waals surface area contributed by atoms with E-state index in [-0.39, 0.29) is 23.5 Å². The lowest BCUT2D eigenvalue weighted by molar-refractivity contribution is -0.140. The summed E-state index contributed by atoms with van der Waals surface area (Å²) in [6.45, 7) is 3.48. The molecule has 0 atom stereocenters. The summed E-state index contributed by atoms with van der Waals surface area (Å²) in [6, 6.07) is 5.77. The maximum atomic E-state index is 13.6. The van der Waals surface area contributed by atoms with E-state index in [1.807, 2.05) is 4.90 Å². The molecule has 0 aromatic heterocycles. The molecule has 1 aromatic carbocycles. The first-order valence-electron chi connectivity index (χ1n) is 8.32. The highest BCUT2D eigenvalue weighted by molar-refractivity contribution is 5.89. The van der Waals surface area contributed by atoms with Crippen LogP contribution in [0.4, 0.5) is 14.9 Å². The topological polar surface area (TPSA) is 61.9 Å². The van der Waals surface area contributed by atoms with Crippen molar-refractivity contribution in [2.75, 3.05) is 44.7 Å². The molecule has 24 heavy (non-hydrogen) atoms. The van der Waals surface area contributed by atoms with Crippen LogP contribution >= 0.6 is 0 Å². The van der Waals surface area contributed by atoms with Gasteiger partial charge in [0.15, 0.2) is 0 Å². The number of hydrogen-bond donors (Lipinski definition) is 1. The molecule has 0 saturated carbocycles. The second kappa shape index (κ2) is 7.61. The molecule has 2 fully saturated rings. The fourth-order valence-corrected chi connectivity index (χ4v) is 3.13. The molecule has 0 radical (unpaired) electrons. The molecule has 0 bridgehead atoms. The van der Waals surface area contributed by atoms with E-state index in [0.717, 1.165) is 0 Å². The van der Waals surface area contributed by atoms with E-state index < -0.39 is 5.82 Å². The molecule has 3 amide bonds. The Balaban J connectivity index is 1.50. The standard InChI is InChI=1S/C17H22FN3O3/c18-14-3-1-2-4-15(14)19-17(23)21-7-5-13(6-8-21)16(22)20-9-11-24-12-10-20/h1-4,13H,5-12H2,(H,19,23). The van der Waals surface area contributed by atoms with Gasteiger partial charge < -0.3 is 19.9 Å². The first-order valence-corrected chi connectivity index (χ1v) is 8.32. The Bertz CT molecular complexity index is 596. The summed E-state index contributed by atoms with van der Waals surface area (Å²) in [5.41, 5.74) is 0.175. The van der Waals surface area contributed by atoms with E-state index in [2.05, 4.69) is 5.32 Å². The number of nitrogens with zero attached hydrogens (tertiary/aromatic N) is 2. The highest BCUT2D eigenvalue weighted by Gasteiger charge is 2.31. The van der Waals surface area contributed by atoms with Gasteiger partial charge in [-0.2, -0.15) is 0 Å². The van der Waals surface area contributed by atoms with Crippen molar-refractivity contribution in [3.05, 3.63) is 30.1 Å². The van der Waals surface area contributed by atoms with Crippen molar-refractivity contribution in [1.29, 1.82) is 0 Å². The van der Waals surface area contributed by atoms with Crippen LogP contribution in [0.2, 0.25) is 0 Å². The molecular weight excluding hydrogens is 313 g/mol. The molecule has 2 aliphatic heterocycles. The predicted octanol–water partition coefficient (Wildman–Crippen LogP) is 1.93. The van der Waals surface area contributed by atoms with Crippen molar-refractivity contribution in [2.24, 2.45) is 5.92 Å². The average Bonchev–Trinajstić information content (AvgIpc) is 2.64. The quantitative estimate of drug-likeness (QED) is 0.898. The van der Waals surface area contributed by atoms with Crippen molar-refractivity contribution in [3.8, 4) is 0 Å². The van der Waals surface area contributed by atoms with Gasteiger partial charge in [-0.25, -0.2) is 9.18 Å². The van der Waals surface area contributed by atoms with E-state index in [1.54, 1.807) is 17.0 Å². The summed E-state index contributed by atoms with van der Waals surface area (Å²) in [5.74, 6) is -0.337. The van der Waals surface area contributed by atoms with Crippen molar-refractivity contribution in [3.63, 3.8) is 0 Å². The van der Waals surface area contributed by atoms with E-state index in [1.165, 1.54) is 12.1 Å². The van der Waals surface area contributed by atoms with Gasteiger partial charge in [0.1, 0.15) is 5.82 Å². The molecule has 3 rings (SSSR count). The van der Waals surface area contributed by atoms with Crippen LogP contribution < -0.4 is 5.32 Å². The van der Waals surface area contributed by atoms with E-state index in [9.17, 15) is 14.0 Å². The molecule has 130 valence electrons. The molecule has 0 unspecified atom stereocenters. The fraction of sp³-hybridized carbons (Fsp3) is 0.529. The van der Waals surface area contributed by atoms with Crippen molar-refractivity contribution in [2.45, 2.75) is 12.8 Å². The number of benzene rings is 1. The van der Waals surface area contributed by atoms with Crippen LogP contribution in [-0.2, 0) is 9.53 Å². The third kappa shape index (κ3) is 3.84. The van der Waals surface area contributed by atoms with Crippen LogP contribution in [-0.4, -0.2) is 61.1 Å². The Hall–Kier alpha value is -2.15. The minimum atomic E-state index is -0.455. The van der Waals surface area contributed by atoms with Gasteiger partial charge in [-0.1, -0.05) is 12.1 Å². The number of amides is 3. The first kappa shape index (κ1) is 16.7. The number of halogens is 1. The number of carbonyl (C=O) groups excluding carboxylic acids is 2. The van der Waals surface area contributed by atoms with Crippen LogP contribution in [0.25, 0.3) is 0 Å². The Morgan fingerprint density at radius 1 is 1.04 bits per heavy atom. The lowest BCUT2D eigenvalue weighted by Gasteiger charge is -2.35. The second-order valence-corrected chi connectivity index (χ2v) is 6.11. The largest absolute Gasteiger partial charge is 0.378 e. The summed E-state index contributed by atoms with van der Waals surface area (Å²) in [5, 5.41) is 2.59. The second-order valence-electron chi connectivity index (χ2n) is 6.11. The van der Waals surface area contributed by atoms with Crippen molar-refractivity contribution >= 4 is 17.6 Å². The van der Waals surface area contributed by atoms with Crippen molar-refractivity contribution in [1.82, 2.24) is 9.80 Å². The molecule has 0 aliphatic carbocycles. The number of ether oxygens (including phenoxy) is 1. The molecule has 1 N–H and O–H groups in total. The molecule has 6 nitrogen and oxygen atoms in total. The smallest absolute Gasteiger partial charge is 0.321 e. The highest BCUT2D eigenvalue weighted by atomic mass is 19.1. The van der Waals surface area contributed by atoms with Crippen LogP contribution in [0.3, 0.4) is 0 Å².